The van der Waals surface area contributed by atoms with Crippen molar-refractivity contribution in [3.8, 4) is 0 Å². The predicted molar refractivity (Wildman–Crippen MR) is 84.5 cm³/mol. The summed E-state index contributed by atoms with van der Waals surface area (Å²) in [5, 5.41) is 3.08. The average Bonchev–Trinajstić information content (AvgIpc) is 3.14. The quantitative estimate of drug-likeness (QED) is 0.863. The Morgan fingerprint density at radius 2 is 1.91 bits per heavy atom. The van der Waals surface area contributed by atoms with Gasteiger partial charge in [-0.25, -0.2) is 4.79 Å². The molecule has 1 N–H and O–H groups in total. The molecule has 0 aliphatic carbocycles. The summed E-state index contributed by atoms with van der Waals surface area (Å²) in [4.78, 5) is 38.5. The minimum atomic E-state index is -0.541. The molecular formula is C15H20N2O4S. The van der Waals surface area contributed by atoms with Crippen LogP contribution in [0.2, 0.25) is 0 Å². The molecule has 0 atom stereocenters. The van der Waals surface area contributed by atoms with Crippen LogP contribution in [-0.2, 0) is 9.53 Å². The fourth-order valence-corrected chi connectivity index (χ4v) is 3.61. The van der Waals surface area contributed by atoms with E-state index in [1.165, 1.54) is 7.11 Å². The fourth-order valence-electron chi connectivity index (χ4n) is 2.43. The smallest absolute Gasteiger partial charge is 0.341 e. The van der Waals surface area contributed by atoms with E-state index in [0.29, 0.717) is 21.9 Å². The number of nitrogens with one attached hydrogen (secondary N) is 1. The van der Waals surface area contributed by atoms with E-state index in [4.69, 9.17) is 4.74 Å². The standard InChI is InChI=1S/C15H20N2O4S/c1-4-10(18)16-13-11(15(20)21-3)9(2)12(22-13)14(19)17-7-5-6-8-17/h4-8H2,1-3H3,(H,16,18). The van der Waals surface area contributed by atoms with Crippen LogP contribution in [0.4, 0.5) is 5.00 Å². The molecule has 0 aromatic carbocycles. The van der Waals surface area contributed by atoms with E-state index in [-0.39, 0.29) is 17.4 Å². The molecule has 1 aliphatic heterocycles. The Balaban J connectivity index is 2.40. The Labute approximate surface area is 133 Å². The van der Waals surface area contributed by atoms with Crippen LogP contribution in [0.5, 0.6) is 0 Å². The number of hydrogen-bond donors (Lipinski definition) is 1. The van der Waals surface area contributed by atoms with Crippen molar-refractivity contribution < 1.29 is 19.1 Å². The van der Waals surface area contributed by atoms with E-state index < -0.39 is 5.97 Å². The highest BCUT2D eigenvalue weighted by Gasteiger charge is 2.29. The Bertz CT molecular complexity index is 603. The molecule has 1 saturated heterocycles. The number of thiophene rings is 1. The average molecular weight is 324 g/mol. The summed E-state index contributed by atoms with van der Waals surface area (Å²) in [5.41, 5.74) is 0.844. The van der Waals surface area contributed by atoms with Gasteiger partial charge in [-0.05, 0) is 25.3 Å². The number of hydrogen-bond acceptors (Lipinski definition) is 5. The molecule has 7 heteroatoms. The van der Waals surface area contributed by atoms with E-state index in [0.717, 1.165) is 37.3 Å². The van der Waals surface area contributed by atoms with Crippen molar-refractivity contribution >= 4 is 34.1 Å². The van der Waals surface area contributed by atoms with Gasteiger partial charge < -0.3 is 15.0 Å². The van der Waals surface area contributed by atoms with Gasteiger partial charge in [0, 0.05) is 19.5 Å². The molecule has 2 rings (SSSR count). The second kappa shape index (κ2) is 6.91. The van der Waals surface area contributed by atoms with Crippen molar-refractivity contribution in [3.05, 3.63) is 16.0 Å². The Kier molecular flexibility index (Phi) is 5.18. The monoisotopic (exact) mass is 324 g/mol. The second-order valence-corrected chi connectivity index (χ2v) is 6.17. The number of amides is 2. The summed E-state index contributed by atoms with van der Waals surface area (Å²) in [6.07, 6.45) is 2.30. The molecule has 0 unspecified atom stereocenters. The van der Waals surface area contributed by atoms with Gasteiger partial charge in [-0.2, -0.15) is 0 Å². The highest BCUT2D eigenvalue weighted by Crippen LogP contribution is 2.35. The molecule has 2 heterocycles. The van der Waals surface area contributed by atoms with E-state index in [1.807, 2.05) is 0 Å². The van der Waals surface area contributed by atoms with Gasteiger partial charge >= 0.3 is 5.97 Å². The second-order valence-electron chi connectivity index (χ2n) is 5.15. The molecule has 6 nitrogen and oxygen atoms in total. The summed E-state index contributed by atoms with van der Waals surface area (Å²) in [5.74, 6) is -0.825. The lowest BCUT2D eigenvalue weighted by Crippen LogP contribution is -2.27. The third-order valence-corrected chi connectivity index (χ3v) is 4.89. The number of rotatable bonds is 4. The first-order chi connectivity index (χ1) is 10.5. The van der Waals surface area contributed by atoms with Crippen molar-refractivity contribution in [2.24, 2.45) is 0 Å². The first-order valence-electron chi connectivity index (χ1n) is 7.30. The highest BCUT2D eigenvalue weighted by molar-refractivity contribution is 7.18. The number of ether oxygens (including phenoxy) is 1. The van der Waals surface area contributed by atoms with Gasteiger partial charge in [0.1, 0.15) is 5.00 Å². The van der Waals surface area contributed by atoms with Gasteiger partial charge in [-0.15, -0.1) is 11.3 Å². The largest absolute Gasteiger partial charge is 0.465 e. The molecule has 0 radical (unpaired) electrons. The maximum Gasteiger partial charge on any atom is 0.341 e. The van der Waals surface area contributed by atoms with Crippen LogP contribution in [0.1, 0.15) is 51.8 Å². The number of carbonyl (C=O) groups excluding carboxylic acids is 3. The first-order valence-corrected chi connectivity index (χ1v) is 8.12. The third-order valence-electron chi connectivity index (χ3n) is 3.70. The van der Waals surface area contributed by atoms with Crippen LogP contribution in [-0.4, -0.2) is 42.9 Å². The number of nitrogens with zero attached hydrogens (tertiary/aromatic N) is 1. The highest BCUT2D eigenvalue weighted by atomic mass is 32.1. The summed E-state index contributed by atoms with van der Waals surface area (Å²) >= 11 is 1.14. The minimum absolute atomic E-state index is 0.0813. The lowest BCUT2D eigenvalue weighted by molar-refractivity contribution is -0.115. The van der Waals surface area contributed by atoms with Crippen LogP contribution in [0, 0.1) is 6.92 Å². The van der Waals surface area contributed by atoms with Crippen LogP contribution >= 0.6 is 11.3 Å². The Hall–Kier alpha value is -1.89. The van der Waals surface area contributed by atoms with Crippen molar-refractivity contribution in [1.29, 1.82) is 0 Å². The zero-order chi connectivity index (χ0) is 16.3. The molecule has 1 aromatic rings. The summed E-state index contributed by atoms with van der Waals surface area (Å²) in [6, 6.07) is 0. The predicted octanol–water partition coefficient (Wildman–Crippen LogP) is 2.43. The lowest BCUT2D eigenvalue weighted by Gasteiger charge is -2.14. The van der Waals surface area contributed by atoms with Gasteiger partial charge in [0.25, 0.3) is 5.91 Å². The minimum Gasteiger partial charge on any atom is -0.465 e. The molecule has 1 aromatic heterocycles. The molecule has 1 fully saturated rings. The molecule has 0 bridgehead atoms. The number of esters is 1. The SMILES string of the molecule is CCC(=O)Nc1sc(C(=O)N2CCCC2)c(C)c1C(=O)OC. The molecular weight excluding hydrogens is 304 g/mol. The van der Waals surface area contributed by atoms with Crippen molar-refractivity contribution in [2.45, 2.75) is 33.1 Å². The van der Waals surface area contributed by atoms with Crippen molar-refractivity contribution in [2.75, 3.05) is 25.5 Å². The number of likely N-dealkylation sites (tertiary alicyclic amines) is 1. The van der Waals surface area contributed by atoms with E-state index >= 15 is 0 Å². The van der Waals surface area contributed by atoms with Gasteiger partial charge in [0.05, 0.1) is 17.6 Å². The molecule has 120 valence electrons. The van der Waals surface area contributed by atoms with E-state index in [1.54, 1.807) is 18.7 Å². The first kappa shape index (κ1) is 16.5. The van der Waals surface area contributed by atoms with Crippen LogP contribution < -0.4 is 5.32 Å². The molecule has 1 aliphatic rings. The van der Waals surface area contributed by atoms with Crippen LogP contribution in [0.3, 0.4) is 0 Å². The van der Waals surface area contributed by atoms with Crippen LogP contribution in [0.15, 0.2) is 0 Å². The van der Waals surface area contributed by atoms with Gasteiger partial charge in [-0.1, -0.05) is 6.92 Å². The number of methoxy groups -OCH3 is 1. The maximum absolute atomic E-state index is 12.6. The normalized spacial score (nSPS) is 14.0. The van der Waals surface area contributed by atoms with Crippen LogP contribution in [0.25, 0.3) is 0 Å². The number of carbonyl (C=O) groups is 3. The summed E-state index contributed by atoms with van der Waals surface area (Å²) in [7, 11) is 1.28. The van der Waals surface area contributed by atoms with Crippen molar-refractivity contribution in [1.82, 2.24) is 4.90 Å². The van der Waals surface area contributed by atoms with Crippen molar-refractivity contribution in [3.63, 3.8) is 0 Å². The molecule has 0 spiro atoms. The maximum atomic E-state index is 12.6. The number of anilines is 1. The third kappa shape index (κ3) is 3.14. The topological polar surface area (TPSA) is 75.7 Å². The van der Waals surface area contributed by atoms with Gasteiger partial charge in [-0.3, -0.25) is 9.59 Å². The summed E-state index contributed by atoms with van der Waals surface area (Å²) in [6.45, 7) is 4.92. The zero-order valence-corrected chi connectivity index (χ0v) is 13.8. The Morgan fingerprint density at radius 3 is 2.45 bits per heavy atom. The van der Waals surface area contributed by atoms with Gasteiger partial charge in [0.2, 0.25) is 5.91 Å². The van der Waals surface area contributed by atoms with E-state index in [9.17, 15) is 14.4 Å². The fraction of sp³-hybridized carbons (Fsp3) is 0.533. The molecule has 0 saturated carbocycles. The zero-order valence-electron chi connectivity index (χ0n) is 13.0. The van der Waals surface area contributed by atoms with Gasteiger partial charge in [0.15, 0.2) is 0 Å². The molecule has 2 amide bonds. The van der Waals surface area contributed by atoms with E-state index in [2.05, 4.69) is 5.32 Å². The summed E-state index contributed by atoms with van der Waals surface area (Å²) < 4.78 is 4.78. The molecule has 22 heavy (non-hydrogen) atoms. The Morgan fingerprint density at radius 1 is 1.27 bits per heavy atom. The lowest BCUT2D eigenvalue weighted by atomic mass is 10.1.